The van der Waals surface area contributed by atoms with Crippen LogP contribution in [0.5, 0.6) is 11.5 Å². The Hall–Kier alpha value is -6.33. The average Bonchev–Trinajstić information content (AvgIpc) is 3.76. The summed E-state index contributed by atoms with van der Waals surface area (Å²) in [4.78, 5) is 95.6. The van der Waals surface area contributed by atoms with Crippen molar-refractivity contribution in [2.24, 2.45) is 5.92 Å². The van der Waals surface area contributed by atoms with Gasteiger partial charge in [0.15, 0.2) is 5.76 Å². The highest BCUT2D eigenvalue weighted by atomic mass is 16.7. The number of nitrogens with zero attached hydrogens (tertiary/aromatic N) is 1. The van der Waals surface area contributed by atoms with Gasteiger partial charge in [-0.3, -0.25) is 28.8 Å². The van der Waals surface area contributed by atoms with Crippen molar-refractivity contribution >= 4 is 50.1 Å². The number of furan rings is 1. The number of carbonyl (C=O) groups is 7. The molecule has 17 nitrogen and oxygen atoms in total. The van der Waals surface area contributed by atoms with Crippen molar-refractivity contribution in [2.75, 3.05) is 27.0 Å². The zero-order valence-corrected chi connectivity index (χ0v) is 35.5. The third-order valence-corrected chi connectivity index (χ3v) is 9.60. The number of hydrogen-bond donors (Lipinski definition) is 3. The molecule has 2 radical (unpaired) electrons. The van der Waals surface area contributed by atoms with Crippen LogP contribution in [0.3, 0.4) is 0 Å². The van der Waals surface area contributed by atoms with E-state index in [0.717, 1.165) is 24.3 Å². The van der Waals surface area contributed by atoms with Crippen molar-refractivity contribution in [1.82, 2.24) is 21.0 Å². The van der Waals surface area contributed by atoms with Gasteiger partial charge in [0.2, 0.25) is 12.3 Å². The third-order valence-electron chi connectivity index (χ3n) is 9.60. The summed E-state index contributed by atoms with van der Waals surface area (Å²) >= 11 is 0. The molecule has 0 saturated carbocycles. The lowest BCUT2D eigenvalue weighted by molar-refractivity contribution is -0.171. The minimum Gasteiger partial charge on any atom is -0.542 e. The zero-order valence-electron chi connectivity index (χ0n) is 35.5. The topological polar surface area (TPSA) is 218 Å². The van der Waals surface area contributed by atoms with Crippen LogP contribution in [0.4, 0.5) is 0 Å². The van der Waals surface area contributed by atoms with Crippen LogP contribution in [0.15, 0.2) is 52.9 Å². The smallest absolute Gasteiger partial charge is 0.378 e. The number of rotatable bonds is 26. The molecule has 61 heavy (non-hydrogen) atoms. The number of ether oxygens (including phenoxy) is 3. The molecule has 0 fully saturated rings. The molecule has 0 aliphatic rings. The average molecular weight is 847 g/mol. The molecular formula is C43H55BN4O13. The van der Waals surface area contributed by atoms with E-state index in [0.29, 0.717) is 42.5 Å². The SMILES string of the molecule is [B]OC(=O)[C@H](CC(=O)OCCCC)NC(=O)c1ccc(-c2ccc(C(=O)NCNC(=O)[C@H](CCCCC)[C@@H](CC)N(C=O)OC(=O)c3ccc(OC)cc3C)o2)cc1OCC. The van der Waals surface area contributed by atoms with Crippen LogP contribution in [-0.4, -0.2) is 94.2 Å². The standard InChI is InChI=1S/C43H55BN4O13/c1-7-11-13-14-31(34(9-3)48(26-49)61-42(54)30-18-16-29(56-6)22-27(30)5)39(51)45-25-46-41(53)36-20-19-35(59-36)28-15-17-32(37(23-28)57-10-4)40(52)47-33(43(55)60-44)24-38(50)58-21-12-8-2/h15-20,22-23,26,31,33-34H,7-14,21,24-25H2,1-6H3,(H,45,51)(H,46,53)(H,47,52)/t31-,33+,34-/m1/s1. The van der Waals surface area contributed by atoms with Crippen molar-refractivity contribution < 1.29 is 61.7 Å². The molecule has 3 rings (SSSR count). The van der Waals surface area contributed by atoms with Crippen molar-refractivity contribution in [1.29, 1.82) is 0 Å². The van der Waals surface area contributed by atoms with Gasteiger partial charge in [-0.2, -0.15) is 5.06 Å². The van der Waals surface area contributed by atoms with Gasteiger partial charge in [0, 0.05) is 5.56 Å². The maximum absolute atomic E-state index is 13.6. The molecule has 328 valence electrons. The fourth-order valence-electron chi connectivity index (χ4n) is 6.31. The Bertz CT molecular complexity index is 1970. The number of nitrogens with one attached hydrogen (secondary N) is 3. The summed E-state index contributed by atoms with van der Waals surface area (Å²) in [6, 6.07) is 10.0. The third kappa shape index (κ3) is 14.4. The van der Waals surface area contributed by atoms with E-state index in [4.69, 9.17) is 31.5 Å². The lowest BCUT2D eigenvalue weighted by Gasteiger charge is -2.32. The van der Waals surface area contributed by atoms with Gasteiger partial charge in [-0.15, -0.1) is 0 Å². The Balaban J connectivity index is 1.70. The highest BCUT2D eigenvalue weighted by Gasteiger charge is 2.34. The lowest BCUT2D eigenvalue weighted by Crippen LogP contribution is -2.49. The van der Waals surface area contributed by atoms with Crippen molar-refractivity contribution in [3.63, 3.8) is 0 Å². The van der Waals surface area contributed by atoms with Gasteiger partial charge in [-0.25, -0.2) is 4.79 Å². The van der Waals surface area contributed by atoms with E-state index in [9.17, 15) is 33.6 Å². The van der Waals surface area contributed by atoms with Crippen LogP contribution in [0, 0.1) is 12.8 Å². The molecule has 4 amide bonds. The number of carbonyl (C=O) groups excluding carboxylic acids is 7. The largest absolute Gasteiger partial charge is 0.542 e. The second-order valence-corrected chi connectivity index (χ2v) is 13.9. The monoisotopic (exact) mass is 846 g/mol. The molecule has 2 aromatic carbocycles. The summed E-state index contributed by atoms with van der Waals surface area (Å²) in [6.07, 6.45) is 4.35. The summed E-state index contributed by atoms with van der Waals surface area (Å²) in [5.74, 6) is -4.35. The number of unbranched alkanes of at least 4 members (excludes halogenated alkanes) is 3. The number of aryl methyl sites for hydroxylation is 1. The molecule has 0 aliphatic carbocycles. The second-order valence-electron chi connectivity index (χ2n) is 13.9. The van der Waals surface area contributed by atoms with Gasteiger partial charge in [0.25, 0.3) is 11.8 Å². The molecule has 0 spiro atoms. The molecule has 3 N–H and O–H groups in total. The van der Waals surface area contributed by atoms with Gasteiger partial charge in [-0.05, 0) is 81.1 Å². The molecule has 0 bridgehead atoms. The maximum atomic E-state index is 13.6. The Morgan fingerprint density at radius 1 is 0.885 bits per heavy atom. The van der Waals surface area contributed by atoms with E-state index in [2.05, 4.69) is 20.6 Å². The minimum atomic E-state index is -1.43. The molecule has 0 aliphatic heterocycles. The van der Waals surface area contributed by atoms with Crippen LogP contribution in [-0.2, 0) is 33.4 Å². The molecule has 0 saturated heterocycles. The van der Waals surface area contributed by atoms with Crippen LogP contribution >= 0.6 is 0 Å². The quantitative estimate of drug-likeness (QED) is 0.0239. The number of hydroxylamine groups is 2. The highest BCUT2D eigenvalue weighted by Crippen LogP contribution is 2.30. The van der Waals surface area contributed by atoms with E-state index >= 15 is 0 Å². The Morgan fingerprint density at radius 2 is 1.62 bits per heavy atom. The number of amides is 4. The van der Waals surface area contributed by atoms with Crippen molar-refractivity contribution in [3.8, 4) is 22.8 Å². The summed E-state index contributed by atoms with van der Waals surface area (Å²) < 4.78 is 26.1. The Morgan fingerprint density at radius 3 is 2.26 bits per heavy atom. The van der Waals surface area contributed by atoms with Crippen LogP contribution in [0.1, 0.15) is 116 Å². The van der Waals surface area contributed by atoms with E-state index in [-0.39, 0.29) is 54.7 Å². The summed E-state index contributed by atoms with van der Waals surface area (Å²) in [5, 5.41) is 8.63. The predicted molar refractivity (Wildman–Crippen MR) is 222 cm³/mol. The Kier molecular flexibility index (Phi) is 20.4. The van der Waals surface area contributed by atoms with E-state index in [1.165, 1.54) is 43.5 Å². The maximum Gasteiger partial charge on any atom is 0.378 e. The van der Waals surface area contributed by atoms with Gasteiger partial charge < -0.3 is 44.1 Å². The Labute approximate surface area is 356 Å². The van der Waals surface area contributed by atoms with Crippen LogP contribution in [0.25, 0.3) is 11.3 Å². The van der Waals surface area contributed by atoms with Crippen LogP contribution < -0.4 is 25.4 Å². The molecule has 1 heterocycles. The number of esters is 1. The fraction of sp³-hybridized carbons (Fsp3) is 0.465. The number of methoxy groups -OCH3 is 1. The van der Waals surface area contributed by atoms with E-state index in [1.54, 1.807) is 32.9 Å². The molecule has 3 atom stereocenters. The van der Waals surface area contributed by atoms with Gasteiger partial charge >= 0.3 is 26.0 Å². The predicted octanol–water partition coefficient (Wildman–Crippen LogP) is 5.13. The summed E-state index contributed by atoms with van der Waals surface area (Å²) in [5.41, 5.74) is 1.28. The highest BCUT2D eigenvalue weighted by molar-refractivity contribution is 6.08. The number of hydrogen-bond acceptors (Lipinski definition) is 13. The first-order valence-corrected chi connectivity index (χ1v) is 20.3. The lowest BCUT2D eigenvalue weighted by atomic mass is 9.90. The van der Waals surface area contributed by atoms with Gasteiger partial charge in [0.05, 0.1) is 56.5 Å². The van der Waals surface area contributed by atoms with E-state index < -0.39 is 60.1 Å². The van der Waals surface area contributed by atoms with Gasteiger partial charge in [-0.1, -0.05) is 52.5 Å². The summed E-state index contributed by atoms with van der Waals surface area (Å²) in [7, 11) is 6.55. The minimum absolute atomic E-state index is 0.0279. The molecule has 1 aromatic heterocycles. The summed E-state index contributed by atoms with van der Waals surface area (Å²) in [6.45, 7) is 9.17. The second kappa shape index (κ2) is 25.3. The molecule has 3 aromatic rings. The van der Waals surface area contributed by atoms with Gasteiger partial charge in [0.1, 0.15) is 23.3 Å². The number of benzene rings is 2. The molecule has 18 heteroatoms. The van der Waals surface area contributed by atoms with Crippen molar-refractivity contribution in [2.45, 2.75) is 98.1 Å². The molecule has 0 unspecified atom stereocenters. The van der Waals surface area contributed by atoms with Crippen LogP contribution in [0.2, 0.25) is 0 Å². The first-order chi connectivity index (χ1) is 29.3. The first kappa shape index (κ1) is 49.0. The first-order valence-electron chi connectivity index (χ1n) is 20.3. The molecular weight excluding hydrogens is 791 g/mol. The fourth-order valence-corrected chi connectivity index (χ4v) is 6.31. The van der Waals surface area contributed by atoms with E-state index in [1.807, 2.05) is 13.8 Å². The van der Waals surface area contributed by atoms with Crippen molar-refractivity contribution in [3.05, 3.63) is 71.0 Å². The zero-order chi connectivity index (χ0) is 44.9. The normalized spacial score (nSPS) is 12.2.